The van der Waals surface area contributed by atoms with Gasteiger partial charge in [-0.1, -0.05) is 13.8 Å². The number of carboxylic acid groups (broad SMARTS) is 1. The lowest BCUT2D eigenvalue weighted by Gasteiger charge is -2.11. The zero-order valence-electron chi connectivity index (χ0n) is 11.6. The lowest BCUT2D eigenvalue weighted by Crippen LogP contribution is -2.38. The van der Waals surface area contributed by atoms with Gasteiger partial charge in [-0.2, -0.15) is 0 Å². The van der Waals surface area contributed by atoms with Crippen molar-refractivity contribution in [2.75, 3.05) is 24.6 Å². The van der Waals surface area contributed by atoms with Gasteiger partial charge in [0.05, 0.1) is 0 Å². The van der Waals surface area contributed by atoms with E-state index in [1.165, 1.54) is 0 Å². The summed E-state index contributed by atoms with van der Waals surface area (Å²) in [5, 5.41) is 13.9. The van der Waals surface area contributed by atoms with Crippen LogP contribution in [0.1, 0.15) is 33.1 Å². The van der Waals surface area contributed by atoms with E-state index in [2.05, 4.69) is 10.6 Å². The van der Waals surface area contributed by atoms with Crippen molar-refractivity contribution in [3.05, 3.63) is 0 Å². The second-order valence-corrected chi connectivity index (χ2v) is 6.31. The summed E-state index contributed by atoms with van der Waals surface area (Å²) in [4.78, 5) is 21.7. The molecule has 0 saturated heterocycles. The van der Waals surface area contributed by atoms with Crippen LogP contribution in [-0.4, -0.2) is 45.9 Å². The van der Waals surface area contributed by atoms with E-state index >= 15 is 0 Å². The van der Waals surface area contributed by atoms with Gasteiger partial charge in [0.25, 0.3) is 0 Å². The second-order valence-electron chi connectivity index (χ2n) is 4.44. The Hall–Kier alpha value is -1.11. The molecule has 0 fully saturated rings. The minimum atomic E-state index is -0.862. The Labute approximate surface area is 116 Å². The molecule has 0 radical (unpaired) electrons. The summed E-state index contributed by atoms with van der Waals surface area (Å²) in [6, 6.07) is -0.265. The van der Waals surface area contributed by atoms with Crippen LogP contribution in [0.25, 0.3) is 0 Å². The zero-order valence-corrected chi connectivity index (χ0v) is 12.4. The number of carbonyl (C=O) groups excluding carboxylic acids is 1. The molecule has 2 amide bonds. The SMILES string of the molecule is CCS(=O)CCNC(=O)NCCC(C)CCC(=O)O. The van der Waals surface area contributed by atoms with E-state index in [1.54, 1.807) is 0 Å². The van der Waals surface area contributed by atoms with Gasteiger partial charge in [0.1, 0.15) is 0 Å². The normalized spacial score (nSPS) is 13.6. The van der Waals surface area contributed by atoms with Crippen LogP contribution in [0.15, 0.2) is 0 Å². The fourth-order valence-electron chi connectivity index (χ4n) is 1.43. The van der Waals surface area contributed by atoms with Gasteiger partial charge in [-0.05, 0) is 18.8 Å². The Morgan fingerprint density at radius 1 is 1.21 bits per heavy atom. The van der Waals surface area contributed by atoms with Crippen LogP contribution >= 0.6 is 0 Å². The Morgan fingerprint density at radius 3 is 2.42 bits per heavy atom. The molecule has 0 aromatic carbocycles. The number of amides is 2. The number of aliphatic carboxylic acids is 1. The van der Waals surface area contributed by atoms with Crippen LogP contribution < -0.4 is 10.6 Å². The van der Waals surface area contributed by atoms with Crippen LogP contribution in [0, 0.1) is 5.92 Å². The molecule has 112 valence electrons. The summed E-state index contributed by atoms with van der Waals surface area (Å²) in [5.74, 6) is 0.550. The first-order chi connectivity index (χ1) is 8.95. The molecule has 0 aromatic heterocycles. The van der Waals surface area contributed by atoms with Crippen LogP contribution in [0.5, 0.6) is 0 Å². The molecule has 0 spiro atoms. The quantitative estimate of drug-likeness (QED) is 0.558. The van der Waals surface area contributed by atoms with Gasteiger partial charge in [0.15, 0.2) is 0 Å². The van der Waals surface area contributed by atoms with Gasteiger partial charge in [-0.25, -0.2) is 4.79 Å². The Kier molecular flexibility index (Phi) is 10.1. The molecule has 0 saturated carbocycles. The van der Waals surface area contributed by atoms with Crippen molar-refractivity contribution >= 4 is 22.8 Å². The lowest BCUT2D eigenvalue weighted by molar-refractivity contribution is -0.137. The highest BCUT2D eigenvalue weighted by molar-refractivity contribution is 7.84. The summed E-state index contributed by atoms with van der Waals surface area (Å²) in [6.45, 7) is 4.73. The average molecular weight is 292 g/mol. The minimum absolute atomic E-state index is 0.163. The van der Waals surface area contributed by atoms with E-state index in [0.29, 0.717) is 31.0 Å². The van der Waals surface area contributed by atoms with Crippen molar-refractivity contribution in [3.8, 4) is 0 Å². The van der Waals surface area contributed by atoms with Gasteiger partial charge in [0, 0.05) is 41.8 Å². The molecule has 6 nitrogen and oxygen atoms in total. The van der Waals surface area contributed by atoms with E-state index in [9.17, 15) is 13.8 Å². The minimum Gasteiger partial charge on any atom is -0.481 e. The summed E-state index contributed by atoms with van der Waals surface area (Å²) in [7, 11) is -0.862. The van der Waals surface area contributed by atoms with Gasteiger partial charge in [-0.15, -0.1) is 0 Å². The maximum Gasteiger partial charge on any atom is 0.314 e. The lowest BCUT2D eigenvalue weighted by atomic mass is 10.0. The summed E-state index contributed by atoms with van der Waals surface area (Å²) < 4.78 is 11.1. The van der Waals surface area contributed by atoms with Gasteiger partial charge in [0.2, 0.25) is 0 Å². The third kappa shape index (κ3) is 11.7. The zero-order chi connectivity index (χ0) is 14.7. The van der Waals surface area contributed by atoms with Crippen LogP contribution in [-0.2, 0) is 15.6 Å². The van der Waals surface area contributed by atoms with Crippen molar-refractivity contribution in [2.45, 2.75) is 33.1 Å². The van der Waals surface area contributed by atoms with Crippen molar-refractivity contribution < 1.29 is 18.9 Å². The molecule has 19 heavy (non-hydrogen) atoms. The van der Waals surface area contributed by atoms with E-state index in [0.717, 1.165) is 6.42 Å². The highest BCUT2D eigenvalue weighted by atomic mass is 32.2. The molecule has 0 bridgehead atoms. The number of hydrogen-bond donors (Lipinski definition) is 3. The Morgan fingerprint density at radius 2 is 1.84 bits per heavy atom. The third-order valence-corrected chi connectivity index (χ3v) is 4.01. The van der Waals surface area contributed by atoms with Crippen molar-refractivity contribution in [2.24, 2.45) is 5.92 Å². The number of nitrogens with one attached hydrogen (secondary N) is 2. The summed E-state index contributed by atoms with van der Waals surface area (Å²) in [6.07, 6.45) is 1.53. The molecule has 0 heterocycles. The van der Waals surface area contributed by atoms with Crippen molar-refractivity contribution in [1.82, 2.24) is 10.6 Å². The van der Waals surface area contributed by atoms with E-state index in [4.69, 9.17) is 5.11 Å². The molecule has 0 rings (SSSR count). The molecule has 0 aliphatic rings. The monoisotopic (exact) mass is 292 g/mol. The molecule has 3 N–H and O–H groups in total. The third-order valence-electron chi connectivity index (χ3n) is 2.71. The van der Waals surface area contributed by atoms with Gasteiger partial charge < -0.3 is 15.7 Å². The van der Waals surface area contributed by atoms with E-state index < -0.39 is 16.8 Å². The fourth-order valence-corrected chi connectivity index (χ4v) is 2.05. The smallest absolute Gasteiger partial charge is 0.314 e. The molecule has 0 aromatic rings. The maximum absolute atomic E-state index is 11.3. The topological polar surface area (TPSA) is 95.5 Å². The molecule has 7 heteroatoms. The first-order valence-corrected chi connectivity index (χ1v) is 8.03. The predicted molar refractivity (Wildman–Crippen MR) is 75.6 cm³/mol. The van der Waals surface area contributed by atoms with E-state index in [-0.39, 0.29) is 18.4 Å². The van der Waals surface area contributed by atoms with Crippen LogP contribution in [0.4, 0.5) is 4.79 Å². The summed E-state index contributed by atoms with van der Waals surface area (Å²) in [5.41, 5.74) is 0. The maximum atomic E-state index is 11.3. The molecule has 2 unspecified atom stereocenters. The molecular weight excluding hydrogens is 268 g/mol. The van der Waals surface area contributed by atoms with E-state index in [1.807, 2.05) is 13.8 Å². The molecule has 0 aliphatic heterocycles. The van der Waals surface area contributed by atoms with Crippen LogP contribution in [0.3, 0.4) is 0 Å². The van der Waals surface area contributed by atoms with Gasteiger partial charge >= 0.3 is 12.0 Å². The Bertz CT molecular complexity index is 310. The first kappa shape index (κ1) is 17.9. The highest BCUT2D eigenvalue weighted by Gasteiger charge is 2.06. The number of carboxylic acids is 1. The summed E-state index contributed by atoms with van der Waals surface area (Å²) >= 11 is 0. The number of urea groups is 1. The molecule has 0 aliphatic carbocycles. The fraction of sp³-hybridized carbons (Fsp3) is 0.833. The number of carbonyl (C=O) groups is 2. The second kappa shape index (κ2) is 10.8. The highest BCUT2D eigenvalue weighted by Crippen LogP contribution is 2.08. The van der Waals surface area contributed by atoms with Crippen molar-refractivity contribution in [1.29, 1.82) is 0 Å². The first-order valence-electron chi connectivity index (χ1n) is 6.54. The number of hydrogen-bond acceptors (Lipinski definition) is 3. The standard InChI is InChI=1S/C12H24N2O4S/c1-3-19(18)9-8-14-12(17)13-7-6-10(2)4-5-11(15)16/h10H,3-9H2,1-2H3,(H,15,16)(H2,13,14,17). The van der Waals surface area contributed by atoms with Gasteiger partial charge in [-0.3, -0.25) is 9.00 Å². The van der Waals surface area contributed by atoms with Crippen LogP contribution in [0.2, 0.25) is 0 Å². The molecule has 2 atom stereocenters. The predicted octanol–water partition coefficient (Wildman–Crippen LogP) is 0.945. The largest absolute Gasteiger partial charge is 0.481 e. The molecular formula is C12H24N2O4S. The van der Waals surface area contributed by atoms with Crippen molar-refractivity contribution in [3.63, 3.8) is 0 Å². The Balaban J connectivity index is 3.52. The average Bonchev–Trinajstić information content (AvgIpc) is 2.36. The number of rotatable bonds is 10.